The summed E-state index contributed by atoms with van der Waals surface area (Å²) in [7, 11) is 0. The van der Waals surface area contributed by atoms with Gasteiger partial charge in [0, 0.05) is 11.8 Å². The van der Waals surface area contributed by atoms with E-state index in [4.69, 9.17) is 18.9 Å². The van der Waals surface area contributed by atoms with Crippen molar-refractivity contribution in [3.8, 4) is 67.6 Å². The van der Waals surface area contributed by atoms with E-state index in [1.807, 2.05) is 72.9 Å². The average Bonchev–Trinajstić information content (AvgIpc) is 4.13. The first kappa shape index (κ1) is 45.0. The molecule has 11 rings (SSSR count). The van der Waals surface area contributed by atoms with Crippen molar-refractivity contribution in [2.45, 2.75) is 98.7 Å². The number of pyridine rings is 1. The molecular weight excluding hydrogens is 1110 g/mol. The first-order chi connectivity index (χ1) is 38.4. The van der Waals surface area contributed by atoms with Gasteiger partial charge in [0.2, 0.25) is 0 Å². The summed E-state index contributed by atoms with van der Waals surface area (Å²) < 4.78 is 59.0. The van der Waals surface area contributed by atoms with Crippen LogP contribution in [0, 0.1) is 21.9 Å². The Balaban J connectivity index is 1.09. The third-order valence-electron chi connectivity index (χ3n) is 14.3. The minimum absolute atomic E-state index is 0.122. The Morgan fingerprint density at radius 1 is 0.605 bits per heavy atom. The molecule has 3 aromatic heterocycles. The fourth-order valence-electron chi connectivity index (χ4n) is 10.2. The van der Waals surface area contributed by atoms with Crippen molar-refractivity contribution >= 4 is 29.5 Å². The fraction of sp³-hybridized carbons (Fsp3) is 0.239. The molecule has 0 radical (unpaired) electrons. The van der Waals surface area contributed by atoms with Gasteiger partial charge in [-0.15, -0.1) is 0 Å². The van der Waals surface area contributed by atoms with E-state index in [2.05, 4.69) is 199 Å². The number of para-hydroxylation sites is 3. The Morgan fingerprint density at radius 3 is 1.91 bits per heavy atom. The minimum atomic E-state index is -0.441. The molecule has 0 atom stereocenters. The maximum absolute atomic E-state index is 9.33. The Labute approximate surface area is 467 Å². The van der Waals surface area contributed by atoms with Crippen molar-refractivity contribution < 1.29 is 30.9 Å². The molecule has 1 aliphatic rings. The van der Waals surface area contributed by atoms with E-state index < -0.39 is 18.1 Å². The second kappa shape index (κ2) is 19.7. The van der Waals surface area contributed by atoms with Crippen molar-refractivity contribution in [3.05, 3.63) is 209 Å². The molecule has 0 amide bonds. The van der Waals surface area contributed by atoms with Gasteiger partial charge in [-0.05, 0) is 23.0 Å². The van der Waals surface area contributed by atoms with E-state index in [1.165, 1.54) is 5.56 Å². The first-order valence-corrected chi connectivity index (χ1v) is 27.3. The molecule has 0 saturated carbocycles. The van der Waals surface area contributed by atoms with Gasteiger partial charge in [-0.3, -0.25) is 0 Å². The molecule has 7 nitrogen and oxygen atoms in total. The van der Waals surface area contributed by atoms with E-state index in [1.54, 1.807) is 0 Å². The van der Waals surface area contributed by atoms with Crippen LogP contribution in [0.2, 0.25) is 6.32 Å². The summed E-state index contributed by atoms with van der Waals surface area (Å²) in [6, 6.07) is 53.1. The Morgan fingerprint density at radius 2 is 1.24 bits per heavy atom. The zero-order valence-corrected chi connectivity index (χ0v) is 47.4. The number of ether oxygens (including phenoxy) is 1. The van der Waals surface area contributed by atoms with E-state index in [9.17, 15) is 2.74 Å². The number of fused-ring (bicyclic) bond motifs is 4. The SMILES string of the molecule is [2H]c1c([2H])c([2H])c(-c2cccc(-c3cc(C(C)(C)C)cc(C(C)(C)C)c3)c2-n2[c](=[Pt])n(-c3[c-]c(Oc4[c-]c5c(cc4)-c4cc(-c6ccccc6)nn4B(CC(C)C)N5c4cc(C(C)(C)C)ccn4)ccc3)c3ccccc32)c([2H])c1[2H]. The predicted octanol–water partition coefficient (Wildman–Crippen LogP) is 17.2. The molecular formula is C67H65BN6OPt-2. The van der Waals surface area contributed by atoms with Gasteiger partial charge in [0.15, 0.2) is 0 Å². The zero-order chi connectivity index (χ0) is 57.6. The number of imidazole rings is 1. The van der Waals surface area contributed by atoms with Gasteiger partial charge in [0.05, 0.1) is 5.69 Å². The quantitative estimate of drug-likeness (QED) is 0.101. The summed E-state index contributed by atoms with van der Waals surface area (Å²) in [5.41, 5.74) is 13.2. The van der Waals surface area contributed by atoms with E-state index >= 15 is 0 Å². The van der Waals surface area contributed by atoms with E-state index in [0.29, 0.717) is 34.4 Å². The van der Waals surface area contributed by atoms with Crippen molar-refractivity contribution in [2.75, 3.05) is 4.81 Å². The van der Waals surface area contributed by atoms with Crippen LogP contribution < -0.4 is 9.55 Å². The molecule has 9 heteroatoms. The van der Waals surface area contributed by atoms with Gasteiger partial charge in [0.25, 0.3) is 0 Å². The van der Waals surface area contributed by atoms with Gasteiger partial charge in [-0.2, -0.15) is 5.10 Å². The van der Waals surface area contributed by atoms with Gasteiger partial charge in [-0.25, -0.2) is 0 Å². The number of rotatable bonds is 10. The monoisotopic (exact) mass is 1180 g/mol. The van der Waals surface area contributed by atoms with Crippen LogP contribution in [0.1, 0.15) is 99.7 Å². The Bertz CT molecular complexity index is 4100. The predicted molar refractivity (Wildman–Crippen MR) is 311 cm³/mol. The summed E-state index contributed by atoms with van der Waals surface area (Å²) in [6.07, 6.45) is 2.69. The van der Waals surface area contributed by atoms with Crippen LogP contribution in [0.3, 0.4) is 0 Å². The standard InChI is InChI=1S/C67H65BN6O.Pt/c1-45(2)43-68-73(63-39-49(34-35-69-63)65(3,4)5)61-41-54(32-33-57(61)62-42-58(70-74(62)68)47-24-16-13-17-25-47)75-53-27-20-26-52(40-53)71-44-72(60-31-19-18-30-59(60)71)64-55(46-22-14-12-15-23-46)28-21-29-56(64)48-36-50(66(6,7)8)38-51(37-48)67(9,10)11;/h12-39,42,45H,43H2,1-11H3;/q-2;/i12D,14D,15D,22D,23D;. The van der Waals surface area contributed by atoms with Gasteiger partial charge in [-0.1, -0.05) is 65.0 Å². The average molecular weight is 1180 g/mol. The molecule has 7 aromatic carbocycles. The third kappa shape index (κ3) is 9.66. The molecule has 0 saturated heterocycles. The first-order valence-electron chi connectivity index (χ1n) is 28.6. The summed E-state index contributed by atoms with van der Waals surface area (Å²) in [5.74, 6) is 2.10. The number of hydrogen-bond donors (Lipinski definition) is 0. The molecule has 1 aliphatic heterocycles. The molecule has 384 valence electrons. The van der Waals surface area contributed by atoms with Crippen LogP contribution in [0.5, 0.6) is 11.5 Å². The summed E-state index contributed by atoms with van der Waals surface area (Å²) >= 11 is 2.36. The van der Waals surface area contributed by atoms with Gasteiger partial charge < -0.3 is 0 Å². The molecule has 0 fully saturated rings. The molecule has 76 heavy (non-hydrogen) atoms. The molecule has 0 N–H and O–H groups in total. The second-order valence-electron chi connectivity index (χ2n) is 23.3. The topological polar surface area (TPSA) is 53.0 Å². The summed E-state index contributed by atoms with van der Waals surface area (Å²) in [5, 5.41) is 5.32. The van der Waals surface area contributed by atoms with Crippen LogP contribution in [-0.4, -0.2) is 30.8 Å². The number of anilines is 2. The third-order valence-corrected chi connectivity index (χ3v) is 15.3. The van der Waals surface area contributed by atoms with Crippen LogP contribution in [0.15, 0.2) is 176 Å². The molecule has 0 bridgehead atoms. The van der Waals surface area contributed by atoms with Gasteiger partial charge in [0.1, 0.15) is 0 Å². The summed E-state index contributed by atoms with van der Waals surface area (Å²) in [4.78, 5) is 7.32. The maximum atomic E-state index is 9.33. The molecule has 0 aliphatic carbocycles. The molecule has 10 aromatic rings. The Hall–Kier alpha value is -7.28. The van der Waals surface area contributed by atoms with Crippen LogP contribution in [-0.2, 0) is 35.6 Å². The van der Waals surface area contributed by atoms with E-state index in [0.717, 1.165) is 77.4 Å². The van der Waals surface area contributed by atoms with E-state index in [-0.39, 0.29) is 40.9 Å². The van der Waals surface area contributed by atoms with Crippen molar-refractivity contribution in [1.29, 1.82) is 0 Å². The molecule has 0 unspecified atom stereocenters. The zero-order valence-electron chi connectivity index (χ0n) is 50.1. The second-order valence-corrected chi connectivity index (χ2v) is 24.4. The molecule has 4 heterocycles. The summed E-state index contributed by atoms with van der Waals surface area (Å²) in [6.45, 7) is 24.2. The fourth-order valence-corrected chi connectivity index (χ4v) is 11.3. The van der Waals surface area contributed by atoms with Crippen molar-refractivity contribution in [1.82, 2.24) is 23.8 Å². The van der Waals surface area contributed by atoms with Gasteiger partial charge >= 0.3 is 359 Å². The van der Waals surface area contributed by atoms with Crippen LogP contribution in [0.4, 0.5) is 11.5 Å². The number of benzene rings is 7. The molecule has 0 spiro atoms. The number of aromatic nitrogens is 5. The number of nitrogens with zero attached hydrogens (tertiary/aromatic N) is 6. The Kier molecular flexibility index (Phi) is 11.7. The normalized spacial score (nSPS) is 13.8. The van der Waals surface area contributed by atoms with Crippen molar-refractivity contribution in [3.63, 3.8) is 0 Å². The van der Waals surface area contributed by atoms with Crippen LogP contribution in [0.25, 0.3) is 67.2 Å². The van der Waals surface area contributed by atoms with Crippen molar-refractivity contribution in [2.24, 2.45) is 5.92 Å². The number of hydrogen-bond acceptors (Lipinski definition) is 4. The van der Waals surface area contributed by atoms with Crippen LogP contribution >= 0.6 is 0 Å².